The minimum atomic E-state index is -0.239. The van der Waals surface area contributed by atoms with Crippen molar-refractivity contribution in [2.45, 2.75) is 38.5 Å². The molecule has 4 bridgehead atoms. The van der Waals surface area contributed by atoms with Gasteiger partial charge in [0.1, 0.15) is 5.84 Å². The van der Waals surface area contributed by atoms with Crippen LogP contribution >= 0.6 is 11.6 Å². The molecule has 0 aliphatic heterocycles. The zero-order valence-corrected chi connectivity index (χ0v) is 15.2. The van der Waals surface area contributed by atoms with E-state index in [1.807, 2.05) is 0 Å². The van der Waals surface area contributed by atoms with Gasteiger partial charge in [-0.05, 0) is 80.5 Å². The Labute approximate surface area is 153 Å². The number of hydrogen-bond acceptors (Lipinski definition) is 3. The maximum absolute atomic E-state index is 12.4. The molecule has 5 heteroatoms. The van der Waals surface area contributed by atoms with Gasteiger partial charge in [-0.15, -0.1) is 11.6 Å². The lowest BCUT2D eigenvalue weighted by Gasteiger charge is -2.56. The quantitative estimate of drug-likeness (QED) is 0.368. The molecule has 1 aromatic carbocycles. The van der Waals surface area contributed by atoms with Crippen molar-refractivity contribution >= 4 is 29.1 Å². The highest BCUT2D eigenvalue weighted by Gasteiger charge is 2.51. The summed E-state index contributed by atoms with van der Waals surface area (Å²) in [5.41, 5.74) is 7.13. The highest BCUT2D eigenvalue weighted by Crippen LogP contribution is 2.60. The largest absolute Gasteiger partial charge is 0.462 e. The molecule has 134 valence electrons. The summed E-state index contributed by atoms with van der Waals surface area (Å²) in [5.74, 6) is 2.92. The molecular weight excluding hydrogens is 336 g/mol. The molecule has 4 fully saturated rings. The average Bonchev–Trinajstić information content (AvgIpc) is 2.59. The van der Waals surface area contributed by atoms with E-state index in [2.05, 4.69) is 4.99 Å². The van der Waals surface area contributed by atoms with Gasteiger partial charge in [-0.25, -0.2) is 9.79 Å². The Morgan fingerprint density at radius 3 is 2.20 bits per heavy atom. The van der Waals surface area contributed by atoms with Gasteiger partial charge in [0.25, 0.3) is 0 Å². The number of carbonyl (C=O) groups is 1. The van der Waals surface area contributed by atoms with Gasteiger partial charge in [-0.1, -0.05) is 0 Å². The van der Waals surface area contributed by atoms with Gasteiger partial charge in [-0.3, -0.25) is 0 Å². The smallest absolute Gasteiger partial charge is 0.338 e. The van der Waals surface area contributed by atoms with Crippen LogP contribution in [0.2, 0.25) is 0 Å². The third-order valence-electron chi connectivity index (χ3n) is 6.19. The standard InChI is InChI=1S/C20H25ClN2O2/c21-11-18(22)23-17-3-1-16(2-4-17)19(24)25-12-20-8-13-5-14(9-20)7-15(6-13)10-20/h1-4,13-15H,5-12H2,(H2,22,23). The van der Waals surface area contributed by atoms with Gasteiger partial charge in [0.15, 0.2) is 0 Å². The number of nitrogens with zero attached hydrogens (tertiary/aromatic N) is 1. The molecule has 2 N–H and O–H groups in total. The third kappa shape index (κ3) is 3.55. The molecule has 0 saturated heterocycles. The number of amidine groups is 1. The molecule has 0 spiro atoms. The van der Waals surface area contributed by atoms with Gasteiger partial charge in [0.05, 0.1) is 23.7 Å². The zero-order valence-electron chi connectivity index (χ0n) is 14.4. The first kappa shape index (κ1) is 16.9. The molecule has 5 rings (SSSR count). The molecular formula is C20H25ClN2O2. The van der Waals surface area contributed by atoms with Crippen LogP contribution in [0.5, 0.6) is 0 Å². The number of alkyl halides is 1. The summed E-state index contributed by atoms with van der Waals surface area (Å²) in [6.45, 7) is 0.578. The molecule has 0 amide bonds. The third-order valence-corrected chi connectivity index (χ3v) is 6.46. The van der Waals surface area contributed by atoms with E-state index >= 15 is 0 Å². The summed E-state index contributed by atoms with van der Waals surface area (Å²) in [6, 6.07) is 7.01. The van der Waals surface area contributed by atoms with Crippen molar-refractivity contribution in [1.82, 2.24) is 0 Å². The number of ether oxygens (including phenoxy) is 1. The Kier molecular flexibility index (Phi) is 4.48. The number of halogens is 1. The van der Waals surface area contributed by atoms with Gasteiger partial charge >= 0.3 is 5.97 Å². The Morgan fingerprint density at radius 1 is 1.12 bits per heavy atom. The second-order valence-electron chi connectivity index (χ2n) is 8.28. The number of aliphatic imine (C=N–C) groups is 1. The maximum atomic E-state index is 12.4. The first-order valence-corrected chi connectivity index (χ1v) is 9.75. The van der Waals surface area contributed by atoms with Crippen LogP contribution in [-0.4, -0.2) is 24.3 Å². The van der Waals surface area contributed by atoms with Crippen molar-refractivity contribution < 1.29 is 9.53 Å². The summed E-state index contributed by atoms with van der Waals surface area (Å²) in [6.07, 6.45) is 7.95. The van der Waals surface area contributed by atoms with E-state index in [0.717, 1.165) is 17.8 Å². The van der Waals surface area contributed by atoms with Crippen molar-refractivity contribution in [3.8, 4) is 0 Å². The van der Waals surface area contributed by atoms with Gasteiger partial charge in [0.2, 0.25) is 0 Å². The molecule has 4 aliphatic carbocycles. The molecule has 0 aromatic heterocycles. The van der Waals surface area contributed by atoms with Crippen molar-refractivity contribution in [1.29, 1.82) is 0 Å². The van der Waals surface area contributed by atoms with Gasteiger partial charge < -0.3 is 10.5 Å². The summed E-state index contributed by atoms with van der Waals surface area (Å²) < 4.78 is 5.73. The lowest BCUT2D eigenvalue weighted by atomic mass is 9.50. The van der Waals surface area contributed by atoms with Gasteiger partial charge in [0, 0.05) is 5.41 Å². The van der Waals surface area contributed by atoms with E-state index in [0.29, 0.717) is 23.7 Å². The number of hydrogen-bond donors (Lipinski definition) is 1. The van der Waals surface area contributed by atoms with Gasteiger partial charge in [-0.2, -0.15) is 0 Å². The molecule has 0 heterocycles. The normalized spacial score (nSPS) is 33.5. The number of nitrogens with two attached hydrogens (primary N) is 1. The Bertz CT molecular complexity index is 648. The fourth-order valence-electron chi connectivity index (χ4n) is 5.64. The first-order chi connectivity index (χ1) is 12.0. The van der Waals surface area contributed by atoms with E-state index in [9.17, 15) is 4.79 Å². The van der Waals surface area contributed by atoms with Crippen molar-refractivity contribution in [3.05, 3.63) is 29.8 Å². The van der Waals surface area contributed by atoms with Crippen LogP contribution in [-0.2, 0) is 4.74 Å². The van der Waals surface area contributed by atoms with Crippen LogP contribution in [0, 0.1) is 23.2 Å². The highest BCUT2D eigenvalue weighted by molar-refractivity contribution is 6.28. The van der Waals surface area contributed by atoms with Crippen LogP contribution < -0.4 is 5.73 Å². The highest BCUT2D eigenvalue weighted by atomic mass is 35.5. The lowest BCUT2D eigenvalue weighted by Crippen LogP contribution is -2.48. The molecule has 4 nitrogen and oxygen atoms in total. The monoisotopic (exact) mass is 360 g/mol. The number of rotatable bonds is 5. The molecule has 0 atom stereocenters. The van der Waals surface area contributed by atoms with Crippen molar-refractivity contribution in [2.24, 2.45) is 33.9 Å². The molecule has 0 radical (unpaired) electrons. The van der Waals surface area contributed by atoms with E-state index in [1.165, 1.54) is 38.5 Å². The second-order valence-corrected chi connectivity index (χ2v) is 8.54. The first-order valence-electron chi connectivity index (χ1n) is 9.21. The topological polar surface area (TPSA) is 64.7 Å². The Hall–Kier alpha value is -1.55. The summed E-state index contributed by atoms with van der Waals surface area (Å²) in [4.78, 5) is 16.6. The Morgan fingerprint density at radius 2 is 1.68 bits per heavy atom. The van der Waals surface area contributed by atoms with Crippen LogP contribution in [0.4, 0.5) is 5.69 Å². The van der Waals surface area contributed by atoms with Crippen LogP contribution in [0.15, 0.2) is 29.3 Å². The summed E-state index contributed by atoms with van der Waals surface area (Å²) >= 11 is 5.62. The SMILES string of the molecule is NC(CCl)=Nc1ccc(C(=O)OCC23CC4CC(CC(C4)C2)C3)cc1. The van der Waals surface area contributed by atoms with E-state index < -0.39 is 0 Å². The lowest BCUT2D eigenvalue weighted by molar-refractivity contribution is -0.0848. The molecule has 0 unspecified atom stereocenters. The number of esters is 1. The summed E-state index contributed by atoms with van der Waals surface area (Å²) in [7, 11) is 0. The maximum Gasteiger partial charge on any atom is 0.338 e. The number of benzene rings is 1. The van der Waals surface area contributed by atoms with E-state index in [1.54, 1.807) is 24.3 Å². The van der Waals surface area contributed by atoms with Crippen LogP contribution in [0.1, 0.15) is 48.9 Å². The minimum Gasteiger partial charge on any atom is -0.462 e. The predicted octanol–water partition coefficient (Wildman–Crippen LogP) is 4.29. The molecule has 4 saturated carbocycles. The molecule has 4 aliphatic rings. The molecule has 1 aromatic rings. The number of carbonyl (C=O) groups excluding carboxylic acids is 1. The van der Waals surface area contributed by atoms with E-state index in [-0.39, 0.29) is 17.3 Å². The molecule has 25 heavy (non-hydrogen) atoms. The fraction of sp³-hybridized carbons (Fsp3) is 0.600. The zero-order chi connectivity index (χ0) is 17.4. The Balaban J connectivity index is 1.38. The average molecular weight is 361 g/mol. The summed E-state index contributed by atoms with van der Waals surface area (Å²) in [5, 5.41) is 0. The van der Waals surface area contributed by atoms with Crippen LogP contribution in [0.3, 0.4) is 0 Å². The van der Waals surface area contributed by atoms with Crippen LogP contribution in [0.25, 0.3) is 0 Å². The fourth-order valence-corrected chi connectivity index (χ4v) is 5.70. The minimum absolute atomic E-state index is 0.189. The van der Waals surface area contributed by atoms with Crippen molar-refractivity contribution in [2.75, 3.05) is 12.5 Å². The second kappa shape index (κ2) is 6.64. The van der Waals surface area contributed by atoms with Crippen molar-refractivity contribution in [3.63, 3.8) is 0 Å². The predicted molar refractivity (Wildman–Crippen MR) is 99.3 cm³/mol. The van der Waals surface area contributed by atoms with E-state index in [4.69, 9.17) is 22.1 Å².